The Hall–Kier alpha value is -3.25. The lowest BCUT2D eigenvalue weighted by Crippen LogP contribution is -2.34. The Labute approximate surface area is 201 Å². The molecule has 0 spiro atoms. The lowest BCUT2D eigenvalue weighted by molar-refractivity contribution is -0.119. The van der Waals surface area contributed by atoms with Gasteiger partial charge in [-0.05, 0) is 61.3 Å². The van der Waals surface area contributed by atoms with Crippen molar-refractivity contribution >= 4 is 51.3 Å². The van der Waals surface area contributed by atoms with E-state index in [1.807, 2.05) is 49.4 Å². The van der Waals surface area contributed by atoms with E-state index < -0.39 is 0 Å². The fraction of sp³-hybridized carbons (Fsp3) is 0.296. The summed E-state index contributed by atoms with van der Waals surface area (Å²) in [6.45, 7) is 4.67. The van der Waals surface area contributed by atoms with Gasteiger partial charge >= 0.3 is 0 Å². The summed E-state index contributed by atoms with van der Waals surface area (Å²) in [4.78, 5) is 27.1. The van der Waals surface area contributed by atoms with E-state index in [1.54, 1.807) is 29.2 Å². The normalized spacial score (nSPS) is 10.6. The van der Waals surface area contributed by atoms with Gasteiger partial charge in [0.25, 0.3) is 5.91 Å². The Bertz CT molecular complexity index is 1110. The van der Waals surface area contributed by atoms with E-state index in [0.29, 0.717) is 18.5 Å². The molecule has 0 aliphatic rings. The molecular weight excluding hydrogens is 430 g/mol. The number of nitrogens with one attached hydrogen (secondary N) is 2. The summed E-state index contributed by atoms with van der Waals surface area (Å²) in [5.74, 6) is -0.146. The van der Waals surface area contributed by atoms with Crippen molar-refractivity contribution in [3.05, 3.63) is 72.3 Å². The number of carbonyl (C=O) groups is 2. The van der Waals surface area contributed by atoms with Crippen LogP contribution in [0.1, 0.15) is 56.3 Å². The molecule has 3 rings (SSSR count). The highest BCUT2D eigenvalue weighted by Crippen LogP contribution is 2.28. The highest BCUT2D eigenvalue weighted by molar-refractivity contribution is 7.80. The Kier molecular flexibility index (Phi) is 8.95. The Balaban J connectivity index is 1.63. The third kappa shape index (κ3) is 6.62. The summed E-state index contributed by atoms with van der Waals surface area (Å²) >= 11 is 5.25. The van der Waals surface area contributed by atoms with Gasteiger partial charge in [-0.2, -0.15) is 0 Å². The highest BCUT2D eigenvalue weighted by atomic mass is 32.1. The molecule has 172 valence electrons. The predicted molar refractivity (Wildman–Crippen MR) is 141 cm³/mol. The lowest BCUT2D eigenvalue weighted by Gasteiger charge is -2.23. The van der Waals surface area contributed by atoms with Crippen molar-refractivity contribution in [2.45, 2.75) is 46.0 Å². The number of amides is 2. The molecule has 6 heteroatoms. The molecule has 3 aromatic rings. The van der Waals surface area contributed by atoms with E-state index >= 15 is 0 Å². The number of rotatable bonds is 9. The maximum atomic E-state index is 13.3. The van der Waals surface area contributed by atoms with Gasteiger partial charge in [0.15, 0.2) is 5.11 Å². The molecule has 0 saturated heterocycles. The molecule has 0 heterocycles. The summed E-state index contributed by atoms with van der Waals surface area (Å²) in [5, 5.41) is 8.14. The standard InChI is InChI=1S/C27H31N3O2S/c1-3-5-6-7-15-25(31)29-27(33)28-22-18-16-21(17-19-22)26(32)30(4-2)24-14-10-12-20-11-8-9-13-23(20)24/h8-14,16-19H,3-7,15H2,1-2H3,(H2,28,29,31,33). The maximum absolute atomic E-state index is 13.3. The smallest absolute Gasteiger partial charge is 0.258 e. The second-order valence-electron chi connectivity index (χ2n) is 7.94. The minimum atomic E-state index is -0.0796. The van der Waals surface area contributed by atoms with E-state index in [4.69, 9.17) is 12.2 Å². The minimum Gasteiger partial charge on any atom is -0.332 e. The molecule has 0 unspecified atom stereocenters. The molecule has 0 aliphatic carbocycles. The SMILES string of the molecule is CCCCCCC(=O)NC(=S)Nc1ccc(C(=O)N(CC)c2cccc3ccccc23)cc1. The number of fused-ring (bicyclic) bond motifs is 1. The zero-order valence-corrected chi connectivity index (χ0v) is 20.1. The summed E-state index contributed by atoms with van der Waals surface area (Å²) in [6.07, 6.45) is 4.65. The van der Waals surface area contributed by atoms with Crippen molar-refractivity contribution in [1.29, 1.82) is 0 Å². The Morgan fingerprint density at radius 3 is 2.33 bits per heavy atom. The molecule has 3 aromatic carbocycles. The van der Waals surface area contributed by atoms with Crippen molar-refractivity contribution in [2.75, 3.05) is 16.8 Å². The fourth-order valence-electron chi connectivity index (χ4n) is 3.78. The third-order valence-electron chi connectivity index (χ3n) is 5.52. The van der Waals surface area contributed by atoms with Crippen LogP contribution < -0.4 is 15.5 Å². The monoisotopic (exact) mass is 461 g/mol. The number of benzene rings is 3. The van der Waals surface area contributed by atoms with Crippen molar-refractivity contribution in [3.63, 3.8) is 0 Å². The molecule has 0 bridgehead atoms. The number of unbranched alkanes of at least 4 members (excludes halogenated alkanes) is 3. The second kappa shape index (κ2) is 12.1. The van der Waals surface area contributed by atoms with Crippen LogP contribution in [0.25, 0.3) is 10.8 Å². The van der Waals surface area contributed by atoms with Gasteiger partial charge in [0, 0.05) is 29.6 Å². The first-order valence-corrected chi connectivity index (χ1v) is 11.9. The zero-order valence-electron chi connectivity index (χ0n) is 19.3. The van der Waals surface area contributed by atoms with Gasteiger partial charge in [-0.1, -0.05) is 62.6 Å². The quantitative estimate of drug-likeness (QED) is 0.290. The molecular formula is C27H31N3O2S. The number of carbonyl (C=O) groups excluding carboxylic acids is 2. The highest BCUT2D eigenvalue weighted by Gasteiger charge is 2.18. The third-order valence-corrected chi connectivity index (χ3v) is 5.72. The first kappa shape index (κ1) is 24.4. The molecule has 0 aliphatic heterocycles. The molecule has 0 atom stereocenters. The molecule has 2 N–H and O–H groups in total. The van der Waals surface area contributed by atoms with Crippen LogP contribution in [0.2, 0.25) is 0 Å². The number of nitrogens with zero attached hydrogens (tertiary/aromatic N) is 1. The van der Waals surface area contributed by atoms with Crippen LogP contribution in [0, 0.1) is 0 Å². The Morgan fingerprint density at radius 1 is 0.879 bits per heavy atom. The van der Waals surface area contributed by atoms with Crippen LogP contribution >= 0.6 is 12.2 Å². The van der Waals surface area contributed by atoms with Gasteiger partial charge in [0.05, 0.1) is 5.69 Å². The summed E-state index contributed by atoms with van der Waals surface area (Å²) in [6, 6.07) is 21.2. The maximum Gasteiger partial charge on any atom is 0.258 e. The topological polar surface area (TPSA) is 61.4 Å². The zero-order chi connectivity index (χ0) is 23.6. The van der Waals surface area contributed by atoms with Crippen LogP contribution in [0.15, 0.2) is 66.7 Å². The first-order valence-electron chi connectivity index (χ1n) is 11.5. The average Bonchev–Trinajstić information content (AvgIpc) is 2.83. The van der Waals surface area contributed by atoms with Crippen LogP contribution in [0.4, 0.5) is 11.4 Å². The molecule has 2 amide bonds. The largest absolute Gasteiger partial charge is 0.332 e. The van der Waals surface area contributed by atoms with Crippen molar-refractivity contribution in [3.8, 4) is 0 Å². The second-order valence-corrected chi connectivity index (χ2v) is 8.35. The van der Waals surface area contributed by atoms with Crippen LogP contribution in [0.5, 0.6) is 0 Å². The molecule has 0 radical (unpaired) electrons. The summed E-state index contributed by atoms with van der Waals surface area (Å²) in [5.41, 5.74) is 2.20. The van der Waals surface area contributed by atoms with Crippen molar-refractivity contribution in [1.82, 2.24) is 5.32 Å². The Morgan fingerprint density at radius 2 is 1.61 bits per heavy atom. The molecule has 5 nitrogen and oxygen atoms in total. The van der Waals surface area contributed by atoms with Crippen molar-refractivity contribution in [2.24, 2.45) is 0 Å². The molecule has 0 saturated carbocycles. The van der Waals surface area contributed by atoms with Crippen molar-refractivity contribution < 1.29 is 9.59 Å². The van der Waals surface area contributed by atoms with Gasteiger partial charge in [0.2, 0.25) is 5.91 Å². The van der Waals surface area contributed by atoms with Gasteiger partial charge in [-0.3, -0.25) is 9.59 Å². The van der Waals surface area contributed by atoms with Crippen LogP contribution in [-0.2, 0) is 4.79 Å². The molecule has 0 aromatic heterocycles. The van der Waals surface area contributed by atoms with E-state index in [9.17, 15) is 9.59 Å². The van der Waals surface area contributed by atoms with E-state index in [1.165, 1.54) is 0 Å². The number of anilines is 2. The molecule has 33 heavy (non-hydrogen) atoms. The lowest BCUT2D eigenvalue weighted by atomic mass is 10.1. The fourth-order valence-corrected chi connectivity index (χ4v) is 4.01. The molecule has 0 fully saturated rings. The van der Waals surface area contributed by atoms with Gasteiger partial charge in [0.1, 0.15) is 0 Å². The first-order chi connectivity index (χ1) is 16.0. The number of hydrogen-bond donors (Lipinski definition) is 2. The average molecular weight is 462 g/mol. The van der Waals surface area contributed by atoms with Gasteiger partial charge in [-0.25, -0.2) is 0 Å². The van der Waals surface area contributed by atoms with Gasteiger partial charge in [-0.15, -0.1) is 0 Å². The number of hydrogen-bond acceptors (Lipinski definition) is 3. The van der Waals surface area contributed by atoms with Crippen LogP contribution in [-0.4, -0.2) is 23.5 Å². The van der Waals surface area contributed by atoms with Crippen LogP contribution in [0.3, 0.4) is 0 Å². The van der Waals surface area contributed by atoms with Gasteiger partial charge < -0.3 is 15.5 Å². The van der Waals surface area contributed by atoms with E-state index in [-0.39, 0.29) is 16.9 Å². The summed E-state index contributed by atoms with van der Waals surface area (Å²) in [7, 11) is 0. The van der Waals surface area contributed by atoms with E-state index in [0.717, 1.165) is 47.8 Å². The van der Waals surface area contributed by atoms with E-state index in [2.05, 4.69) is 17.6 Å². The predicted octanol–water partition coefficient (Wildman–Crippen LogP) is 6.29. The summed E-state index contributed by atoms with van der Waals surface area (Å²) < 4.78 is 0. The number of thiocarbonyl (C=S) groups is 1. The minimum absolute atomic E-state index is 0.0663.